The van der Waals surface area contributed by atoms with Gasteiger partial charge in [-0.2, -0.15) is 0 Å². The van der Waals surface area contributed by atoms with Crippen LogP contribution in [0.15, 0.2) is 48.8 Å². The van der Waals surface area contributed by atoms with Crippen molar-refractivity contribution in [3.63, 3.8) is 0 Å². The van der Waals surface area contributed by atoms with Gasteiger partial charge in [0.1, 0.15) is 6.04 Å². The molecule has 1 aromatic heterocycles. The van der Waals surface area contributed by atoms with Gasteiger partial charge in [-0.3, -0.25) is 9.78 Å². The number of hydrogen-bond acceptors (Lipinski definition) is 3. The fourth-order valence-corrected chi connectivity index (χ4v) is 1.62. The summed E-state index contributed by atoms with van der Waals surface area (Å²) in [5, 5.41) is 2.78. The molecule has 92 valence electrons. The Morgan fingerprint density at radius 1 is 1.28 bits per heavy atom. The van der Waals surface area contributed by atoms with Crippen molar-refractivity contribution in [3.8, 4) is 0 Å². The van der Waals surface area contributed by atoms with Crippen LogP contribution < -0.4 is 11.1 Å². The van der Waals surface area contributed by atoms with Crippen LogP contribution in [0.25, 0.3) is 0 Å². The van der Waals surface area contributed by atoms with Crippen LogP contribution in [0, 0.1) is 6.92 Å². The maximum atomic E-state index is 12.0. The van der Waals surface area contributed by atoms with Crippen LogP contribution >= 0.6 is 0 Å². The molecule has 0 fully saturated rings. The van der Waals surface area contributed by atoms with Crippen molar-refractivity contribution in [2.75, 3.05) is 5.32 Å². The van der Waals surface area contributed by atoms with Gasteiger partial charge in [0.05, 0.1) is 11.9 Å². The lowest BCUT2D eigenvalue weighted by Gasteiger charge is -2.13. The molecule has 0 saturated carbocycles. The summed E-state index contributed by atoms with van der Waals surface area (Å²) in [5.41, 5.74) is 8.34. The second-order valence-electron chi connectivity index (χ2n) is 4.07. The average molecular weight is 241 g/mol. The highest BCUT2D eigenvalue weighted by Gasteiger charge is 2.16. The molecule has 0 bridgehead atoms. The van der Waals surface area contributed by atoms with E-state index < -0.39 is 6.04 Å². The first-order valence-corrected chi connectivity index (χ1v) is 5.70. The van der Waals surface area contributed by atoms with Crippen molar-refractivity contribution in [1.29, 1.82) is 0 Å². The minimum Gasteiger partial charge on any atom is -0.323 e. The molecule has 0 aliphatic carbocycles. The summed E-state index contributed by atoms with van der Waals surface area (Å²) in [6.07, 6.45) is 3.30. The summed E-state index contributed by atoms with van der Waals surface area (Å²) >= 11 is 0. The van der Waals surface area contributed by atoms with E-state index >= 15 is 0 Å². The van der Waals surface area contributed by atoms with Gasteiger partial charge in [-0.25, -0.2) is 0 Å². The van der Waals surface area contributed by atoms with Crippen LogP contribution in [0.1, 0.15) is 17.2 Å². The largest absolute Gasteiger partial charge is 0.323 e. The van der Waals surface area contributed by atoms with Crippen LogP contribution in [0.3, 0.4) is 0 Å². The van der Waals surface area contributed by atoms with Crippen molar-refractivity contribution in [2.24, 2.45) is 5.73 Å². The van der Waals surface area contributed by atoms with Gasteiger partial charge in [0.15, 0.2) is 0 Å². The monoisotopic (exact) mass is 241 g/mol. The molecular formula is C14H15N3O. The number of aryl methyl sites for hydroxylation is 1. The highest BCUT2D eigenvalue weighted by atomic mass is 16.2. The van der Waals surface area contributed by atoms with E-state index in [0.717, 1.165) is 11.1 Å². The molecule has 0 aliphatic heterocycles. The normalized spacial score (nSPS) is 11.9. The molecule has 0 spiro atoms. The number of nitrogens with one attached hydrogen (secondary N) is 1. The number of aromatic nitrogens is 1. The lowest BCUT2D eigenvalue weighted by Crippen LogP contribution is -2.28. The molecule has 4 heteroatoms. The minimum absolute atomic E-state index is 0.239. The van der Waals surface area contributed by atoms with Crippen LogP contribution in [0.2, 0.25) is 0 Å². The van der Waals surface area contributed by atoms with Crippen LogP contribution in [-0.4, -0.2) is 10.9 Å². The molecule has 18 heavy (non-hydrogen) atoms. The number of carbonyl (C=O) groups is 1. The number of benzene rings is 1. The molecule has 2 rings (SSSR count). The molecule has 0 radical (unpaired) electrons. The van der Waals surface area contributed by atoms with Gasteiger partial charge in [-0.05, 0) is 24.1 Å². The van der Waals surface area contributed by atoms with E-state index in [2.05, 4.69) is 10.3 Å². The van der Waals surface area contributed by atoms with Gasteiger partial charge >= 0.3 is 0 Å². The first-order chi connectivity index (χ1) is 8.68. The van der Waals surface area contributed by atoms with E-state index in [-0.39, 0.29) is 5.91 Å². The predicted octanol–water partition coefficient (Wildman–Crippen LogP) is 2.03. The lowest BCUT2D eigenvalue weighted by molar-refractivity contribution is -0.117. The number of amides is 1. The number of rotatable bonds is 3. The van der Waals surface area contributed by atoms with Crippen molar-refractivity contribution in [3.05, 3.63) is 59.9 Å². The summed E-state index contributed by atoms with van der Waals surface area (Å²) < 4.78 is 0. The Hall–Kier alpha value is -2.20. The van der Waals surface area contributed by atoms with E-state index in [1.807, 2.05) is 43.3 Å². The summed E-state index contributed by atoms with van der Waals surface area (Å²) in [4.78, 5) is 16.0. The molecule has 1 heterocycles. The Morgan fingerprint density at radius 3 is 2.67 bits per heavy atom. The summed E-state index contributed by atoms with van der Waals surface area (Å²) in [7, 11) is 0. The summed E-state index contributed by atoms with van der Waals surface area (Å²) in [5.74, 6) is -0.239. The van der Waals surface area contributed by atoms with Crippen LogP contribution in [0.4, 0.5) is 5.69 Å². The molecule has 1 atom stereocenters. The maximum Gasteiger partial charge on any atom is 0.245 e. The SMILES string of the molecule is Cc1ccncc1NC(=O)C(N)c1ccccc1. The Labute approximate surface area is 106 Å². The molecule has 1 amide bonds. The average Bonchev–Trinajstić information content (AvgIpc) is 2.41. The van der Waals surface area contributed by atoms with Crippen molar-refractivity contribution < 1.29 is 4.79 Å². The summed E-state index contributed by atoms with van der Waals surface area (Å²) in [6.45, 7) is 1.91. The minimum atomic E-state index is -0.675. The molecule has 1 aromatic carbocycles. The lowest BCUT2D eigenvalue weighted by atomic mass is 10.1. The van der Waals surface area contributed by atoms with E-state index in [1.54, 1.807) is 12.4 Å². The van der Waals surface area contributed by atoms with Crippen LogP contribution in [-0.2, 0) is 4.79 Å². The topological polar surface area (TPSA) is 68.0 Å². The van der Waals surface area contributed by atoms with Crippen LogP contribution in [0.5, 0.6) is 0 Å². The fraction of sp³-hybridized carbons (Fsp3) is 0.143. The molecule has 0 aliphatic rings. The number of carbonyl (C=O) groups excluding carboxylic acids is 1. The summed E-state index contributed by atoms with van der Waals surface area (Å²) in [6, 6.07) is 10.4. The Bertz CT molecular complexity index is 540. The predicted molar refractivity (Wildman–Crippen MR) is 71.0 cm³/mol. The van der Waals surface area contributed by atoms with Gasteiger partial charge < -0.3 is 11.1 Å². The number of anilines is 1. The second kappa shape index (κ2) is 5.42. The zero-order valence-electron chi connectivity index (χ0n) is 10.1. The number of hydrogen-bond donors (Lipinski definition) is 2. The van der Waals surface area contributed by atoms with Gasteiger partial charge in [0.25, 0.3) is 0 Å². The van der Waals surface area contributed by atoms with E-state index in [0.29, 0.717) is 5.69 Å². The van der Waals surface area contributed by atoms with Crippen molar-refractivity contribution in [2.45, 2.75) is 13.0 Å². The molecular weight excluding hydrogens is 226 g/mol. The smallest absolute Gasteiger partial charge is 0.245 e. The zero-order chi connectivity index (χ0) is 13.0. The number of nitrogens with two attached hydrogens (primary N) is 1. The van der Waals surface area contributed by atoms with E-state index in [1.165, 1.54) is 0 Å². The van der Waals surface area contributed by atoms with Crippen molar-refractivity contribution >= 4 is 11.6 Å². The highest BCUT2D eigenvalue weighted by Crippen LogP contribution is 2.15. The van der Waals surface area contributed by atoms with E-state index in [4.69, 9.17) is 5.73 Å². The van der Waals surface area contributed by atoms with Gasteiger partial charge in [-0.15, -0.1) is 0 Å². The standard InChI is InChI=1S/C14H15N3O/c1-10-7-8-16-9-12(10)17-14(18)13(15)11-5-3-2-4-6-11/h2-9,13H,15H2,1H3,(H,17,18). The molecule has 2 aromatic rings. The zero-order valence-corrected chi connectivity index (χ0v) is 10.1. The number of nitrogens with zero attached hydrogens (tertiary/aromatic N) is 1. The first-order valence-electron chi connectivity index (χ1n) is 5.70. The Morgan fingerprint density at radius 2 is 2.00 bits per heavy atom. The molecule has 3 N–H and O–H groups in total. The Balaban J connectivity index is 2.12. The van der Waals surface area contributed by atoms with Gasteiger partial charge in [0, 0.05) is 6.20 Å². The third kappa shape index (κ3) is 2.73. The highest BCUT2D eigenvalue weighted by molar-refractivity contribution is 5.95. The third-order valence-corrected chi connectivity index (χ3v) is 2.74. The molecule has 1 unspecified atom stereocenters. The second-order valence-corrected chi connectivity index (χ2v) is 4.07. The molecule has 4 nitrogen and oxygen atoms in total. The quantitative estimate of drug-likeness (QED) is 0.864. The third-order valence-electron chi connectivity index (χ3n) is 2.74. The molecule has 0 saturated heterocycles. The Kier molecular flexibility index (Phi) is 3.69. The van der Waals surface area contributed by atoms with Crippen molar-refractivity contribution in [1.82, 2.24) is 4.98 Å². The van der Waals surface area contributed by atoms with Gasteiger partial charge in [-0.1, -0.05) is 30.3 Å². The maximum absolute atomic E-state index is 12.0. The van der Waals surface area contributed by atoms with E-state index in [9.17, 15) is 4.79 Å². The first kappa shape index (κ1) is 12.3. The number of pyridine rings is 1. The fourth-order valence-electron chi connectivity index (χ4n) is 1.62. The van der Waals surface area contributed by atoms with Gasteiger partial charge in [0.2, 0.25) is 5.91 Å².